The summed E-state index contributed by atoms with van der Waals surface area (Å²) < 4.78 is 7.14. The van der Waals surface area contributed by atoms with Crippen LogP contribution < -0.4 is 11.1 Å². The van der Waals surface area contributed by atoms with E-state index in [2.05, 4.69) is 5.32 Å². The second kappa shape index (κ2) is 8.67. The molecular weight excluding hydrogens is 382 g/mol. The Labute approximate surface area is 167 Å². The number of esters is 1. The van der Waals surface area contributed by atoms with Gasteiger partial charge < -0.3 is 15.8 Å². The molecule has 0 unspecified atom stereocenters. The van der Waals surface area contributed by atoms with Gasteiger partial charge in [-0.15, -0.1) is 0 Å². The highest BCUT2D eigenvalue weighted by atomic mass is 32.1. The molecule has 0 spiro atoms. The summed E-state index contributed by atoms with van der Waals surface area (Å²) >= 11 is 6.62. The third kappa shape index (κ3) is 4.39. The predicted molar refractivity (Wildman–Crippen MR) is 109 cm³/mol. The number of hydrogen-bond acceptors (Lipinski definition) is 6. The van der Waals surface area contributed by atoms with Crippen molar-refractivity contribution in [2.45, 2.75) is 45.1 Å². The molecule has 2 aromatic rings. The second-order valence-corrected chi connectivity index (χ2v) is 8.14. The summed E-state index contributed by atoms with van der Waals surface area (Å²) in [4.78, 5) is 24.9. The van der Waals surface area contributed by atoms with E-state index in [-0.39, 0.29) is 17.9 Å². The van der Waals surface area contributed by atoms with E-state index in [9.17, 15) is 9.59 Å². The van der Waals surface area contributed by atoms with Crippen LogP contribution in [0.3, 0.4) is 0 Å². The maximum Gasteiger partial charge on any atom is 0.338 e. The summed E-state index contributed by atoms with van der Waals surface area (Å²) in [5, 5.41) is 3.08. The van der Waals surface area contributed by atoms with Gasteiger partial charge in [0.15, 0.2) is 3.95 Å². The number of nitrogen functional groups attached to an aromatic ring is 1. The Hall–Kier alpha value is -2.19. The third-order valence-corrected chi connectivity index (χ3v) is 6.02. The van der Waals surface area contributed by atoms with E-state index in [0.717, 1.165) is 25.7 Å². The first kappa shape index (κ1) is 19.6. The minimum absolute atomic E-state index is 0.169. The number of nitrogens with zero attached hydrogens (tertiary/aromatic N) is 1. The highest BCUT2D eigenvalue weighted by Gasteiger charge is 2.22. The van der Waals surface area contributed by atoms with Gasteiger partial charge in [-0.1, -0.05) is 30.6 Å². The molecule has 3 N–H and O–H groups in total. The quantitative estimate of drug-likeness (QED) is 0.578. The van der Waals surface area contributed by atoms with Crippen LogP contribution in [-0.2, 0) is 4.74 Å². The van der Waals surface area contributed by atoms with Crippen LogP contribution in [0, 0.1) is 3.95 Å². The van der Waals surface area contributed by atoms with Gasteiger partial charge in [0, 0.05) is 11.7 Å². The van der Waals surface area contributed by atoms with Crippen LogP contribution in [0.5, 0.6) is 0 Å². The number of ether oxygens (including phenoxy) is 1. The first-order valence-corrected chi connectivity index (χ1v) is 10.3. The first-order chi connectivity index (χ1) is 13.0. The van der Waals surface area contributed by atoms with Gasteiger partial charge in [0.1, 0.15) is 10.7 Å². The van der Waals surface area contributed by atoms with Crippen molar-refractivity contribution in [3.8, 4) is 5.69 Å². The fraction of sp³-hybridized carbons (Fsp3) is 0.421. The highest BCUT2D eigenvalue weighted by molar-refractivity contribution is 7.73. The molecule has 0 atom stereocenters. The number of hydrogen-bond donors (Lipinski definition) is 2. The smallest absolute Gasteiger partial charge is 0.338 e. The second-order valence-electron chi connectivity index (χ2n) is 6.49. The number of nitrogens with two attached hydrogens (primary N) is 1. The molecule has 1 amide bonds. The fourth-order valence-corrected chi connectivity index (χ4v) is 4.52. The predicted octanol–water partition coefficient (Wildman–Crippen LogP) is 4.09. The number of rotatable bonds is 5. The number of benzene rings is 1. The molecule has 1 aliphatic rings. The molecule has 144 valence electrons. The van der Waals surface area contributed by atoms with E-state index in [1.165, 1.54) is 17.8 Å². The van der Waals surface area contributed by atoms with E-state index in [1.807, 2.05) is 0 Å². The van der Waals surface area contributed by atoms with Crippen molar-refractivity contribution >= 4 is 41.2 Å². The summed E-state index contributed by atoms with van der Waals surface area (Å²) in [6.45, 7) is 2.08. The molecule has 0 bridgehead atoms. The average Bonchev–Trinajstić information content (AvgIpc) is 2.97. The molecule has 1 aromatic carbocycles. The number of amides is 1. The van der Waals surface area contributed by atoms with Crippen molar-refractivity contribution in [2.24, 2.45) is 0 Å². The Morgan fingerprint density at radius 2 is 1.93 bits per heavy atom. The standard InChI is InChI=1S/C19H23N3O3S2/c1-2-25-18(24)12-8-10-14(11-9-12)22-16(20)15(27-19(22)26)17(23)21-13-6-4-3-5-7-13/h8-11,13H,2-7,20H2,1H3,(H,21,23). The zero-order valence-electron chi connectivity index (χ0n) is 15.2. The Balaban J connectivity index is 1.82. The molecule has 0 saturated heterocycles. The topological polar surface area (TPSA) is 86.3 Å². The summed E-state index contributed by atoms with van der Waals surface area (Å²) in [5.74, 6) is -0.224. The van der Waals surface area contributed by atoms with Gasteiger partial charge in [-0.05, 0) is 56.2 Å². The molecule has 1 aliphatic carbocycles. The van der Waals surface area contributed by atoms with Gasteiger partial charge in [-0.2, -0.15) is 0 Å². The fourth-order valence-electron chi connectivity index (χ4n) is 3.25. The largest absolute Gasteiger partial charge is 0.462 e. The number of carbonyl (C=O) groups excluding carboxylic acids is 2. The number of carbonyl (C=O) groups is 2. The van der Waals surface area contributed by atoms with Crippen LogP contribution >= 0.6 is 23.6 Å². The number of nitrogens with one attached hydrogen (secondary N) is 1. The zero-order chi connectivity index (χ0) is 19.4. The van der Waals surface area contributed by atoms with Gasteiger partial charge in [0.05, 0.1) is 12.2 Å². The van der Waals surface area contributed by atoms with E-state index >= 15 is 0 Å². The van der Waals surface area contributed by atoms with Crippen molar-refractivity contribution in [1.29, 1.82) is 0 Å². The molecule has 1 saturated carbocycles. The molecule has 27 heavy (non-hydrogen) atoms. The maximum atomic E-state index is 12.6. The van der Waals surface area contributed by atoms with Crippen molar-refractivity contribution in [3.63, 3.8) is 0 Å². The lowest BCUT2D eigenvalue weighted by Gasteiger charge is -2.22. The van der Waals surface area contributed by atoms with Crippen molar-refractivity contribution < 1.29 is 14.3 Å². The molecule has 1 aromatic heterocycles. The Bertz CT molecular complexity index is 881. The third-order valence-electron chi connectivity index (χ3n) is 4.63. The van der Waals surface area contributed by atoms with Gasteiger partial charge in [-0.25, -0.2) is 4.79 Å². The zero-order valence-corrected chi connectivity index (χ0v) is 16.8. The lowest BCUT2D eigenvalue weighted by Crippen LogP contribution is -2.36. The number of aromatic nitrogens is 1. The van der Waals surface area contributed by atoms with Gasteiger partial charge in [-0.3, -0.25) is 9.36 Å². The monoisotopic (exact) mass is 405 g/mol. The van der Waals surface area contributed by atoms with Gasteiger partial charge in [0.25, 0.3) is 5.91 Å². The maximum absolute atomic E-state index is 12.6. The lowest BCUT2D eigenvalue weighted by molar-refractivity contribution is 0.0526. The normalized spacial score (nSPS) is 14.7. The summed E-state index contributed by atoms with van der Waals surface area (Å²) in [6, 6.07) is 7.02. The van der Waals surface area contributed by atoms with Crippen LogP contribution in [0.2, 0.25) is 0 Å². The van der Waals surface area contributed by atoms with Gasteiger partial charge in [0.2, 0.25) is 0 Å². The molecule has 0 aliphatic heterocycles. The van der Waals surface area contributed by atoms with Crippen molar-refractivity contribution in [2.75, 3.05) is 12.3 Å². The Morgan fingerprint density at radius 1 is 1.26 bits per heavy atom. The van der Waals surface area contributed by atoms with Crippen LogP contribution in [-0.4, -0.2) is 29.1 Å². The Morgan fingerprint density at radius 3 is 2.56 bits per heavy atom. The lowest BCUT2D eigenvalue weighted by atomic mass is 9.95. The van der Waals surface area contributed by atoms with Crippen LogP contribution in [0.15, 0.2) is 24.3 Å². The number of thiazole rings is 1. The van der Waals surface area contributed by atoms with Crippen molar-refractivity contribution in [1.82, 2.24) is 9.88 Å². The summed E-state index contributed by atoms with van der Waals surface area (Å²) in [5.41, 5.74) is 7.40. The molecule has 1 heterocycles. The molecule has 1 fully saturated rings. The highest BCUT2D eigenvalue weighted by Crippen LogP contribution is 2.27. The van der Waals surface area contributed by atoms with E-state index in [0.29, 0.717) is 32.5 Å². The molecule has 3 rings (SSSR count). The SMILES string of the molecule is CCOC(=O)c1ccc(-n2c(N)c(C(=O)NC3CCCCC3)sc2=S)cc1. The van der Waals surface area contributed by atoms with Crippen molar-refractivity contribution in [3.05, 3.63) is 38.7 Å². The Kier molecular flexibility index (Phi) is 6.28. The molecule has 6 nitrogen and oxygen atoms in total. The van der Waals surface area contributed by atoms with Crippen LogP contribution in [0.25, 0.3) is 5.69 Å². The summed E-state index contributed by atoms with van der Waals surface area (Å²) in [7, 11) is 0. The molecule has 8 heteroatoms. The number of anilines is 1. The average molecular weight is 406 g/mol. The first-order valence-electron chi connectivity index (χ1n) is 9.11. The minimum atomic E-state index is -0.376. The minimum Gasteiger partial charge on any atom is -0.462 e. The van der Waals surface area contributed by atoms with E-state index in [4.69, 9.17) is 22.7 Å². The van der Waals surface area contributed by atoms with E-state index < -0.39 is 0 Å². The van der Waals surface area contributed by atoms with Gasteiger partial charge >= 0.3 is 5.97 Å². The van der Waals surface area contributed by atoms with E-state index in [1.54, 1.807) is 35.8 Å². The molecular formula is C19H23N3O3S2. The molecule has 0 radical (unpaired) electrons. The van der Waals surface area contributed by atoms with Crippen LogP contribution in [0.1, 0.15) is 59.1 Å². The van der Waals surface area contributed by atoms with Crippen LogP contribution in [0.4, 0.5) is 5.82 Å². The summed E-state index contributed by atoms with van der Waals surface area (Å²) in [6.07, 6.45) is 5.53.